The van der Waals surface area contributed by atoms with E-state index in [1.807, 2.05) is 0 Å². The number of hydrogen-bond donors (Lipinski definition) is 1. The first-order chi connectivity index (χ1) is 5.84. The monoisotopic (exact) mass is 185 g/mol. The SMILES string of the molecule is CC(=O)NCCC[C@@H](C)C(C)(C)C. The van der Waals surface area contributed by atoms with Gasteiger partial charge in [0.1, 0.15) is 0 Å². The maximum absolute atomic E-state index is 10.6. The predicted molar refractivity (Wildman–Crippen MR) is 56.5 cm³/mol. The van der Waals surface area contributed by atoms with Gasteiger partial charge in [-0.3, -0.25) is 4.79 Å². The molecule has 0 saturated carbocycles. The van der Waals surface area contributed by atoms with Crippen LogP contribution in [-0.4, -0.2) is 12.5 Å². The molecule has 0 rings (SSSR count). The smallest absolute Gasteiger partial charge is 0.216 e. The zero-order valence-electron chi connectivity index (χ0n) is 9.61. The lowest BCUT2D eigenvalue weighted by Crippen LogP contribution is -2.23. The van der Waals surface area contributed by atoms with E-state index in [1.54, 1.807) is 6.92 Å². The van der Waals surface area contributed by atoms with Gasteiger partial charge < -0.3 is 5.32 Å². The van der Waals surface area contributed by atoms with Crippen LogP contribution in [-0.2, 0) is 4.79 Å². The minimum Gasteiger partial charge on any atom is -0.356 e. The molecule has 2 nitrogen and oxygen atoms in total. The Morgan fingerprint density at radius 3 is 2.31 bits per heavy atom. The van der Waals surface area contributed by atoms with Crippen molar-refractivity contribution in [2.24, 2.45) is 11.3 Å². The number of carbonyl (C=O) groups excluding carboxylic acids is 1. The van der Waals surface area contributed by atoms with E-state index in [2.05, 4.69) is 33.0 Å². The van der Waals surface area contributed by atoms with E-state index in [0.29, 0.717) is 11.3 Å². The predicted octanol–water partition coefficient (Wildman–Crippen LogP) is 2.58. The highest BCUT2D eigenvalue weighted by molar-refractivity contribution is 5.72. The molecule has 0 bridgehead atoms. The van der Waals surface area contributed by atoms with Crippen molar-refractivity contribution in [3.8, 4) is 0 Å². The van der Waals surface area contributed by atoms with Gasteiger partial charge in [0.25, 0.3) is 0 Å². The molecule has 2 heteroatoms. The van der Waals surface area contributed by atoms with Gasteiger partial charge in [0.15, 0.2) is 0 Å². The maximum Gasteiger partial charge on any atom is 0.216 e. The molecule has 0 unspecified atom stereocenters. The van der Waals surface area contributed by atoms with Crippen LogP contribution in [0.1, 0.15) is 47.5 Å². The number of nitrogens with one attached hydrogen (secondary N) is 1. The third kappa shape index (κ3) is 6.62. The number of hydrogen-bond acceptors (Lipinski definition) is 1. The van der Waals surface area contributed by atoms with Gasteiger partial charge >= 0.3 is 0 Å². The standard InChI is InChI=1S/C11H23NO/c1-9(11(3,4)5)7-6-8-12-10(2)13/h9H,6-8H2,1-5H3,(H,12,13)/t9-/m1/s1. The first kappa shape index (κ1) is 12.5. The Hall–Kier alpha value is -0.530. The van der Waals surface area contributed by atoms with Gasteiger partial charge in [-0.25, -0.2) is 0 Å². The molecule has 0 aromatic carbocycles. The highest BCUT2D eigenvalue weighted by Gasteiger charge is 2.18. The molecule has 0 aromatic heterocycles. The van der Waals surface area contributed by atoms with E-state index in [9.17, 15) is 4.79 Å². The van der Waals surface area contributed by atoms with Gasteiger partial charge in [0.05, 0.1) is 0 Å². The average Bonchev–Trinajstić information content (AvgIpc) is 1.95. The fourth-order valence-corrected chi connectivity index (χ4v) is 1.11. The Labute approximate surface area is 82.1 Å². The molecule has 0 aliphatic heterocycles. The molecular weight excluding hydrogens is 162 g/mol. The summed E-state index contributed by atoms with van der Waals surface area (Å²) in [5.74, 6) is 0.782. The summed E-state index contributed by atoms with van der Waals surface area (Å²) in [6.45, 7) is 11.4. The molecule has 13 heavy (non-hydrogen) atoms. The molecule has 1 atom stereocenters. The maximum atomic E-state index is 10.6. The van der Waals surface area contributed by atoms with Crippen molar-refractivity contribution in [2.45, 2.75) is 47.5 Å². The second-order valence-corrected chi connectivity index (χ2v) is 4.89. The highest BCUT2D eigenvalue weighted by atomic mass is 16.1. The molecule has 0 fully saturated rings. The summed E-state index contributed by atoms with van der Waals surface area (Å²) in [4.78, 5) is 10.6. The normalized spacial score (nSPS) is 13.9. The summed E-state index contributed by atoms with van der Waals surface area (Å²) in [5.41, 5.74) is 0.385. The lowest BCUT2D eigenvalue weighted by molar-refractivity contribution is -0.118. The Bertz CT molecular complexity index is 158. The Morgan fingerprint density at radius 1 is 1.38 bits per heavy atom. The van der Waals surface area contributed by atoms with Gasteiger partial charge in [0, 0.05) is 13.5 Å². The van der Waals surface area contributed by atoms with Crippen molar-refractivity contribution in [1.82, 2.24) is 5.32 Å². The molecule has 1 N–H and O–H groups in total. The second kappa shape index (κ2) is 5.25. The topological polar surface area (TPSA) is 29.1 Å². The third-order valence-corrected chi connectivity index (χ3v) is 2.67. The van der Waals surface area contributed by atoms with Crippen molar-refractivity contribution in [1.29, 1.82) is 0 Å². The summed E-state index contributed by atoms with van der Waals surface area (Å²) >= 11 is 0. The number of carbonyl (C=O) groups is 1. The van der Waals surface area contributed by atoms with Crippen LogP contribution >= 0.6 is 0 Å². The zero-order chi connectivity index (χ0) is 10.5. The van der Waals surface area contributed by atoms with E-state index >= 15 is 0 Å². The molecular formula is C11H23NO. The lowest BCUT2D eigenvalue weighted by Gasteiger charge is -2.27. The Balaban J connectivity index is 3.49. The van der Waals surface area contributed by atoms with Crippen molar-refractivity contribution in [3.63, 3.8) is 0 Å². The number of amides is 1. The van der Waals surface area contributed by atoms with Crippen molar-refractivity contribution >= 4 is 5.91 Å². The fourth-order valence-electron chi connectivity index (χ4n) is 1.11. The van der Waals surface area contributed by atoms with Crippen LogP contribution in [0.2, 0.25) is 0 Å². The fraction of sp³-hybridized carbons (Fsp3) is 0.909. The van der Waals surface area contributed by atoms with Gasteiger partial charge in [-0.05, 0) is 24.2 Å². The van der Waals surface area contributed by atoms with Crippen LogP contribution in [0.3, 0.4) is 0 Å². The summed E-state index contributed by atoms with van der Waals surface area (Å²) in [5, 5.41) is 2.81. The second-order valence-electron chi connectivity index (χ2n) is 4.89. The summed E-state index contributed by atoms with van der Waals surface area (Å²) < 4.78 is 0. The minimum absolute atomic E-state index is 0.0726. The summed E-state index contributed by atoms with van der Waals surface area (Å²) in [6, 6.07) is 0. The molecule has 0 spiro atoms. The van der Waals surface area contributed by atoms with Gasteiger partial charge in [-0.1, -0.05) is 27.7 Å². The summed E-state index contributed by atoms with van der Waals surface area (Å²) in [6.07, 6.45) is 2.27. The largest absolute Gasteiger partial charge is 0.356 e. The van der Waals surface area contributed by atoms with Gasteiger partial charge in [0.2, 0.25) is 5.91 Å². The lowest BCUT2D eigenvalue weighted by atomic mass is 9.79. The average molecular weight is 185 g/mol. The molecule has 0 heterocycles. The van der Waals surface area contributed by atoms with E-state index in [4.69, 9.17) is 0 Å². The molecule has 0 aliphatic carbocycles. The first-order valence-electron chi connectivity index (χ1n) is 5.08. The van der Waals surface area contributed by atoms with Crippen LogP contribution in [0.15, 0.2) is 0 Å². The van der Waals surface area contributed by atoms with Crippen LogP contribution in [0.5, 0.6) is 0 Å². The van der Waals surface area contributed by atoms with E-state index in [0.717, 1.165) is 13.0 Å². The van der Waals surface area contributed by atoms with E-state index in [-0.39, 0.29) is 5.91 Å². The molecule has 0 saturated heterocycles. The molecule has 1 amide bonds. The molecule has 0 aromatic rings. The molecule has 0 aliphatic rings. The van der Waals surface area contributed by atoms with Gasteiger partial charge in [-0.2, -0.15) is 0 Å². The van der Waals surface area contributed by atoms with Crippen LogP contribution in [0.25, 0.3) is 0 Å². The van der Waals surface area contributed by atoms with Crippen LogP contribution < -0.4 is 5.32 Å². The first-order valence-corrected chi connectivity index (χ1v) is 5.08. The summed E-state index contributed by atoms with van der Waals surface area (Å²) in [7, 11) is 0. The van der Waals surface area contributed by atoms with Crippen molar-refractivity contribution in [3.05, 3.63) is 0 Å². The van der Waals surface area contributed by atoms with Gasteiger partial charge in [-0.15, -0.1) is 0 Å². The number of rotatable bonds is 4. The quantitative estimate of drug-likeness (QED) is 0.670. The third-order valence-electron chi connectivity index (χ3n) is 2.67. The Kier molecular flexibility index (Phi) is 5.04. The zero-order valence-corrected chi connectivity index (χ0v) is 9.61. The van der Waals surface area contributed by atoms with Crippen LogP contribution in [0.4, 0.5) is 0 Å². The minimum atomic E-state index is 0.0726. The van der Waals surface area contributed by atoms with E-state index in [1.165, 1.54) is 6.42 Å². The van der Waals surface area contributed by atoms with Crippen LogP contribution in [0, 0.1) is 11.3 Å². The molecule has 78 valence electrons. The van der Waals surface area contributed by atoms with E-state index < -0.39 is 0 Å². The van der Waals surface area contributed by atoms with Crippen molar-refractivity contribution < 1.29 is 4.79 Å². The molecule has 0 radical (unpaired) electrons. The Morgan fingerprint density at radius 2 is 1.92 bits per heavy atom. The highest BCUT2D eigenvalue weighted by Crippen LogP contribution is 2.28. The van der Waals surface area contributed by atoms with Crippen molar-refractivity contribution in [2.75, 3.05) is 6.54 Å².